The van der Waals surface area contributed by atoms with Crippen molar-refractivity contribution in [2.24, 2.45) is 5.73 Å². The maximum absolute atomic E-state index is 12.1. The Labute approximate surface area is 126 Å². The van der Waals surface area contributed by atoms with Crippen molar-refractivity contribution in [1.82, 2.24) is 5.32 Å². The highest BCUT2D eigenvalue weighted by atomic mass is 16.1. The Morgan fingerprint density at radius 1 is 1.10 bits per heavy atom. The molecule has 0 aliphatic heterocycles. The topological polar surface area (TPSA) is 55.1 Å². The second-order valence-electron chi connectivity index (χ2n) is 5.36. The van der Waals surface area contributed by atoms with E-state index in [0.29, 0.717) is 12.1 Å². The van der Waals surface area contributed by atoms with E-state index in [-0.39, 0.29) is 11.9 Å². The maximum Gasteiger partial charge on any atom is 0.251 e. The SMILES string of the molecule is Cc1ccc(C(=O)NCCC(N)c2ccccc2)cc1C. The summed E-state index contributed by atoms with van der Waals surface area (Å²) in [7, 11) is 0. The number of hydrogen-bond acceptors (Lipinski definition) is 2. The highest BCUT2D eigenvalue weighted by molar-refractivity contribution is 5.94. The summed E-state index contributed by atoms with van der Waals surface area (Å²) < 4.78 is 0. The lowest BCUT2D eigenvalue weighted by Gasteiger charge is -2.13. The molecule has 0 bridgehead atoms. The van der Waals surface area contributed by atoms with Crippen LogP contribution in [-0.4, -0.2) is 12.5 Å². The maximum atomic E-state index is 12.1. The Morgan fingerprint density at radius 3 is 2.48 bits per heavy atom. The molecule has 0 saturated heterocycles. The van der Waals surface area contributed by atoms with E-state index in [0.717, 1.165) is 17.5 Å². The van der Waals surface area contributed by atoms with Crippen LogP contribution in [-0.2, 0) is 0 Å². The molecule has 0 aliphatic carbocycles. The predicted molar refractivity (Wildman–Crippen MR) is 86.2 cm³/mol. The molecule has 2 aromatic carbocycles. The molecule has 3 heteroatoms. The first kappa shape index (κ1) is 15.3. The second-order valence-corrected chi connectivity index (χ2v) is 5.36. The summed E-state index contributed by atoms with van der Waals surface area (Å²) in [6.07, 6.45) is 0.723. The van der Waals surface area contributed by atoms with Crippen molar-refractivity contribution < 1.29 is 4.79 Å². The molecule has 1 unspecified atom stereocenters. The first-order valence-corrected chi connectivity index (χ1v) is 7.24. The smallest absolute Gasteiger partial charge is 0.251 e. The van der Waals surface area contributed by atoms with Crippen LogP contribution in [0.15, 0.2) is 48.5 Å². The van der Waals surface area contributed by atoms with Gasteiger partial charge in [0.25, 0.3) is 5.91 Å². The van der Waals surface area contributed by atoms with Gasteiger partial charge in [-0.3, -0.25) is 4.79 Å². The molecule has 0 aromatic heterocycles. The summed E-state index contributed by atoms with van der Waals surface area (Å²) in [5, 5.41) is 2.93. The van der Waals surface area contributed by atoms with Gasteiger partial charge in [0.2, 0.25) is 0 Å². The van der Waals surface area contributed by atoms with Crippen LogP contribution in [0.1, 0.15) is 39.5 Å². The fourth-order valence-corrected chi connectivity index (χ4v) is 2.19. The summed E-state index contributed by atoms with van der Waals surface area (Å²) >= 11 is 0. The predicted octanol–water partition coefficient (Wildman–Crippen LogP) is 3.12. The number of hydrogen-bond donors (Lipinski definition) is 2. The number of carbonyl (C=O) groups excluding carboxylic acids is 1. The normalized spacial score (nSPS) is 12.0. The summed E-state index contributed by atoms with van der Waals surface area (Å²) in [5.41, 5.74) is 10.2. The second kappa shape index (κ2) is 7.04. The minimum atomic E-state index is -0.0498. The van der Waals surface area contributed by atoms with E-state index in [9.17, 15) is 4.79 Å². The monoisotopic (exact) mass is 282 g/mol. The zero-order valence-corrected chi connectivity index (χ0v) is 12.6. The number of nitrogens with one attached hydrogen (secondary N) is 1. The molecule has 0 aliphatic rings. The van der Waals surface area contributed by atoms with Crippen molar-refractivity contribution in [1.29, 1.82) is 0 Å². The van der Waals surface area contributed by atoms with Crippen molar-refractivity contribution in [3.8, 4) is 0 Å². The van der Waals surface area contributed by atoms with E-state index < -0.39 is 0 Å². The highest BCUT2D eigenvalue weighted by Gasteiger charge is 2.08. The molecule has 110 valence electrons. The summed E-state index contributed by atoms with van der Waals surface area (Å²) in [5.74, 6) is -0.0432. The standard InChI is InChI=1S/C18H22N2O/c1-13-8-9-16(12-14(13)2)18(21)20-11-10-17(19)15-6-4-3-5-7-15/h3-9,12,17H,10-11,19H2,1-2H3,(H,20,21). The average Bonchev–Trinajstić information content (AvgIpc) is 2.50. The van der Waals surface area contributed by atoms with Crippen LogP contribution >= 0.6 is 0 Å². The lowest BCUT2D eigenvalue weighted by Crippen LogP contribution is -2.27. The number of amides is 1. The van der Waals surface area contributed by atoms with Crippen LogP contribution in [0.3, 0.4) is 0 Å². The van der Waals surface area contributed by atoms with Crippen LogP contribution in [0.5, 0.6) is 0 Å². The van der Waals surface area contributed by atoms with Gasteiger partial charge in [-0.15, -0.1) is 0 Å². The molecule has 1 atom stereocenters. The van der Waals surface area contributed by atoms with Crippen molar-refractivity contribution in [3.63, 3.8) is 0 Å². The summed E-state index contributed by atoms with van der Waals surface area (Å²) in [4.78, 5) is 12.1. The van der Waals surface area contributed by atoms with Gasteiger partial charge in [0.05, 0.1) is 0 Å². The van der Waals surface area contributed by atoms with E-state index in [2.05, 4.69) is 5.32 Å². The van der Waals surface area contributed by atoms with Gasteiger partial charge in [0, 0.05) is 18.2 Å². The highest BCUT2D eigenvalue weighted by Crippen LogP contribution is 2.13. The van der Waals surface area contributed by atoms with E-state index in [1.807, 2.05) is 62.4 Å². The van der Waals surface area contributed by atoms with Crippen LogP contribution in [0, 0.1) is 13.8 Å². The van der Waals surface area contributed by atoms with E-state index in [1.54, 1.807) is 0 Å². The minimum Gasteiger partial charge on any atom is -0.352 e. The zero-order chi connectivity index (χ0) is 15.2. The van der Waals surface area contributed by atoms with Crippen molar-refractivity contribution >= 4 is 5.91 Å². The fraction of sp³-hybridized carbons (Fsp3) is 0.278. The number of nitrogens with two attached hydrogens (primary N) is 1. The third kappa shape index (κ3) is 4.17. The molecule has 0 fully saturated rings. The lowest BCUT2D eigenvalue weighted by molar-refractivity contribution is 0.0952. The van der Waals surface area contributed by atoms with Crippen LogP contribution < -0.4 is 11.1 Å². The van der Waals surface area contributed by atoms with Gasteiger partial charge < -0.3 is 11.1 Å². The van der Waals surface area contributed by atoms with Crippen molar-refractivity contribution in [2.45, 2.75) is 26.3 Å². The van der Waals surface area contributed by atoms with Crippen molar-refractivity contribution in [2.75, 3.05) is 6.54 Å². The van der Waals surface area contributed by atoms with Crippen molar-refractivity contribution in [3.05, 3.63) is 70.8 Å². The van der Waals surface area contributed by atoms with Gasteiger partial charge in [0.15, 0.2) is 0 Å². The molecule has 3 nitrogen and oxygen atoms in total. The Kier molecular flexibility index (Phi) is 5.12. The van der Waals surface area contributed by atoms with Gasteiger partial charge in [0.1, 0.15) is 0 Å². The van der Waals surface area contributed by atoms with Gasteiger partial charge in [-0.1, -0.05) is 36.4 Å². The van der Waals surface area contributed by atoms with E-state index in [1.165, 1.54) is 5.56 Å². The van der Waals surface area contributed by atoms with Gasteiger partial charge >= 0.3 is 0 Å². The molecule has 0 saturated carbocycles. The average molecular weight is 282 g/mol. The zero-order valence-electron chi connectivity index (χ0n) is 12.6. The number of benzene rings is 2. The third-order valence-corrected chi connectivity index (χ3v) is 3.74. The molecule has 2 rings (SSSR count). The first-order chi connectivity index (χ1) is 10.1. The number of aryl methyl sites for hydroxylation is 2. The molecular formula is C18H22N2O. The summed E-state index contributed by atoms with van der Waals surface area (Å²) in [6, 6.07) is 15.6. The molecule has 3 N–H and O–H groups in total. The molecule has 21 heavy (non-hydrogen) atoms. The number of rotatable bonds is 5. The number of carbonyl (C=O) groups is 1. The van der Waals surface area contributed by atoms with E-state index >= 15 is 0 Å². The Hall–Kier alpha value is -2.13. The van der Waals surface area contributed by atoms with Crippen LogP contribution in [0.4, 0.5) is 0 Å². The Balaban J connectivity index is 1.85. The Bertz CT molecular complexity index is 608. The molecule has 2 aromatic rings. The lowest BCUT2D eigenvalue weighted by atomic mass is 10.0. The molecule has 0 heterocycles. The largest absolute Gasteiger partial charge is 0.352 e. The third-order valence-electron chi connectivity index (χ3n) is 3.74. The minimum absolute atomic E-state index is 0.0432. The quantitative estimate of drug-likeness (QED) is 0.885. The Morgan fingerprint density at radius 2 is 1.81 bits per heavy atom. The van der Waals surface area contributed by atoms with Crippen LogP contribution in [0.25, 0.3) is 0 Å². The molecule has 1 amide bonds. The molecular weight excluding hydrogens is 260 g/mol. The summed E-state index contributed by atoms with van der Waals surface area (Å²) in [6.45, 7) is 4.62. The first-order valence-electron chi connectivity index (χ1n) is 7.24. The molecule has 0 radical (unpaired) electrons. The van der Waals surface area contributed by atoms with Gasteiger partial charge in [-0.25, -0.2) is 0 Å². The van der Waals surface area contributed by atoms with Crippen LogP contribution in [0.2, 0.25) is 0 Å². The van der Waals surface area contributed by atoms with Gasteiger partial charge in [-0.05, 0) is 49.1 Å². The molecule has 0 spiro atoms. The fourth-order valence-electron chi connectivity index (χ4n) is 2.19. The van der Waals surface area contributed by atoms with Gasteiger partial charge in [-0.2, -0.15) is 0 Å². The van der Waals surface area contributed by atoms with E-state index in [4.69, 9.17) is 5.73 Å².